The Balaban J connectivity index is 1.21. The molecule has 6 nitrogen and oxygen atoms in total. The number of hydrogen-bond acceptors (Lipinski definition) is 4. The molecule has 1 aliphatic heterocycles. The van der Waals surface area contributed by atoms with E-state index in [9.17, 15) is 19.5 Å². The minimum absolute atomic E-state index is 0.272. The van der Waals surface area contributed by atoms with Crippen LogP contribution >= 0.6 is 0 Å². The van der Waals surface area contributed by atoms with Crippen molar-refractivity contribution in [2.75, 3.05) is 0 Å². The van der Waals surface area contributed by atoms with Crippen LogP contribution in [0.15, 0.2) is 97.1 Å². The van der Waals surface area contributed by atoms with Crippen molar-refractivity contribution < 1.29 is 19.5 Å². The minimum Gasteiger partial charge on any atom is -0.372 e. The van der Waals surface area contributed by atoms with E-state index >= 15 is 0 Å². The van der Waals surface area contributed by atoms with Crippen LogP contribution in [-0.2, 0) is 20.0 Å². The molecular formula is C32H22N2O4. The van der Waals surface area contributed by atoms with E-state index in [1.54, 1.807) is 24.3 Å². The highest BCUT2D eigenvalue weighted by Gasteiger charge is 2.62. The third-order valence-electron chi connectivity index (χ3n) is 8.91. The van der Waals surface area contributed by atoms with Gasteiger partial charge in [-0.1, -0.05) is 97.1 Å². The Morgan fingerprint density at radius 3 is 1.42 bits per heavy atom. The number of carbonyl (C=O) groups is 3. The summed E-state index contributed by atoms with van der Waals surface area (Å²) in [5, 5.41) is 12.8. The molecule has 4 aromatic carbocycles. The summed E-state index contributed by atoms with van der Waals surface area (Å²) in [5.74, 6) is -3.46. The molecule has 4 aliphatic carbocycles. The van der Waals surface area contributed by atoms with Crippen LogP contribution in [0.4, 0.5) is 0 Å². The molecule has 1 fully saturated rings. The summed E-state index contributed by atoms with van der Waals surface area (Å²) in [6.45, 7) is 0. The first-order valence-electron chi connectivity index (χ1n) is 12.8. The lowest BCUT2D eigenvalue weighted by atomic mass is 9.55. The predicted octanol–water partition coefficient (Wildman–Crippen LogP) is 3.83. The van der Waals surface area contributed by atoms with Gasteiger partial charge in [0.05, 0.1) is 11.8 Å². The van der Waals surface area contributed by atoms with E-state index < -0.39 is 35.2 Å². The molecule has 0 saturated carbocycles. The predicted molar refractivity (Wildman–Crippen MR) is 138 cm³/mol. The molecule has 0 spiro atoms. The number of imide groups is 1. The lowest BCUT2D eigenvalue weighted by molar-refractivity contribution is -0.154. The number of aliphatic hydroxyl groups is 1. The van der Waals surface area contributed by atoms with Crippen LogP contribution in [0, 0.1) is 11.8 Å². The van der Waals surface area contributed by atoms with Crippen molar-refractivity contribution in [1.29, 1.82) is 0 Å². The fourth-order valence-corrected chi connectivity index (χ4v) is 7.43. The molecule has 6 heteroatoms. The van der Waals surface area contributed by atoms with Crippen LogP contribution in [-0.4, -0.2) is 27.8 Å². The molecule has 2 N–H and O–H groups in total. The first-order valence-corrected chi connectivity index (χ1v) is 12.8. The zero-order valence-corrected chi connectivity index (χ0v) is 20.2. The smallest absolute Gasteiger partial charge is 0.280 e. The minimum atomic E-state index is -2.04. The monoisotopic (exact) mass is 498 g/mol. The maximum Gasteiger partial charge on any atom is 0.280 e. The Bertz CT molecular complexity index is 1570. The molecule has 4 aromatic rings. The summed E-state index contributed by atoms with van der Waals surface area (Å²) in [7, 11) is 0. The van der Waals surface area contributed by atoms with Crippen molar-refractivity contribution in [3.8, 4) is 11.1 Å². The molecule has 38 heavy (non-hydrogen) atoms. The van der Waals surface area contributed by atoms with Gasteiger partial charge in [-0.25, -0.2) is 0 Å². The maximum absolute atomic E-state index is 13.9. The third-order valence-corrected chi connectivity index (χ3v) is 8.91. The first kappa shape index (κ1) is 21.5. The van der Waals surface area contributed by atoms with Crippen LogP contribution in [0.5, 0.6) is 0 Å². The number of carbonyl (C=O) groups excluding carboxylic acids is 3. The number of nitrogens with one attached hydrogen (secondary N) is 1. The number of nitrogens with zero attached hydrogens (tertiary/aromatic N) is 1. The lowest BCUT2D eigenvalue weighted by Gasteiger charge is -2.45. The Hall–Kier alpha value is -4.55. The van der Waals surface area contributed by atoms with E-state index in [2.05, 4.69) is 5.43 Å². The highest BCUT2D eigenvalue weighted by Crippen LogP contribution is 2.60. The molecule has 0 aromatic heterocycles. The van der Waals surface area contributed by atoms with Crippen LogP contribution in [0.1, 0.15) is 45.2 Å². The van der Waals surface area contributed by atoms with Crippen LogP contribution < -0.4 is 5.43 Å². The largest absolute Gasteiger partial charge is 0.372 e. The SMILES string of the molecule is O=C1[C@@H]2C3c4ccccc4C(c4ccccc43)[C@H]2C(=O)N1NC(=O)C1(O)c2ccccc2-c2ccccc21. The molecule has 0 unspecified atom stereocenters. The highest BCUT2D eigenvalue weighted by atomic mass is 16.3. The van der Waals surface area contributed by atoms with E-state index in [-0.39, 0.29) is 11.8 Å². The summed E-state index contributed by atoms with van der Waals surface area (Å²) >= 11 is 0. The summed E-state index contributed by atoms with van der Waals surface area (Å²) in [5.41, 5.74) is 7.12. The fraction of sp³-hybridized carbons (Fsp3) is 0.156. The van der Waals surface area contributed by atoms with Gasteiger partial charge in [0.25, 0.3) is 17.7 Å². The van der Waals surface area contributed by atoms with Crippen molar-refractivity contribution in [2.45, 2.75) is 17.4 Å². The van der Waals surface area contributed by atoms with Crippen molar-refractivity contribution >= 4 is 17.7 Å². The van der Waals surface area contributed by atoms with Gasteiger partial charge in [-0.05, 0) is 33.4 Å². The van der Waals surface area contributed by atoms with Gasteiger partial charge in [-0.3, -0.25) is 19.8 Å². The van der Waals surface area contributed by atoms with Gasteiger partial charge in [0.1, 0.15) is 0 Å². The van der Waals surface area contributed by atoms with Gasteiger partial charge >= 0.3 is 0 Å². The molecule has 2 atom stereocenters. The highest BCUT2D eigenvalue weighted by molar-refractivity contribution is 6.10. The summed E-state index contributed by atoms with van der Waals surface area (Å²) < 4.78 is 0. The van der Waals surface area contributed by atoms with Gasteiger partial charge in [0, 0.05) is 23.0 Å². The number of amides is 3. The van der Waals surface area contributed by atoms with Crippen LogP contribution in [0.3, 0.4) is 0 Å². The second kappa shape index (κ2) is 7.27. The van der Waals surface area contributed by atoms with Crippen molar-refractivity contribution in [1.82, 2.24) is 10.4 Å². The molecule has 0 radical (unpaired) electrons. The zero-order valence-electron chi connectivity index (χ0n) is 20.2. The Labute approximate surface area is 218 Å². The molecule has 2 bridgehead atoms. The standard InChI is InChI=1S/C32H22N2O4/c35-29-27-25-19-11-1-2-12-20(19)26(22-14-4-3-13-21(22)25)28(27)30(36)34(29)33-31(37)32(38)23-15-7-5-9-17(23)18-10-6-8-16-24(18)32/h1-16,25-28,38H,(H,33,37)/t25?,26?,27-,28-/m1/s1. The molecule has 184 valence electrons. The number of benzene rings is 4. The molecular weight excluding hydrogens is 476 g/mol. The van der Waals surface area contributed by atoms with E-state index in [0.29, 0.717) is 11.1 Å². The number of hydrogen-bond donors (Lipinski definition) is 2. The number of rotatable bonds is 2. The van der Waals surface area contributed by atoms with Crippen molar-refractivity contribution in [3.05, 3.63) is 130 Å². The van der Waals surface area contributed by atoms with Crippen molar-refractivity contribution in [3.63, 3.8) is 0 Å². The van der Waals surface area contributed by atoms with E-state index in [0.717, 1.165) is 38.4 Å². The lowest BCUT2D eigenvalue weighted by Crippen LogP contribution is -2.54. The summed E-state index contributed by atoms with van der Waals surface area (Å²) in [6.07, 6.45) is 0. The van der Waals surface area contributed by atoms with Gasteiger partial charge in [0.2, 0.25) is 0 Å². The molecule has 1 saturated heterocycles. The molecule has 1 heterocycles. The maximum atomic E-state index is 13.9. The fourth-order valence-electron chi connectivity index (χ4n) is 7.43. The van der Waals surface area contributed by atoms with E-state index in [1.165, 1.54) is 0 Å². The van der Waals surface area contributed by atoms with E-state index in [4.69, 9.17) is 0 Å². The van der Waals surface area contributed by atoms with Crippen LogP contribution in [0.2, 0.25) is 0 Å². The normalized spacial score (nSPS) is 24.8. The molecule has 9 rings (SSSR count). The summed E-state index contributed by atoms with van der Waals surface area (Å²) in [4.78, 5) is 41.7. The van der Waals surface area contributed by atoms with Gasteiger partial charge in [-0.2, -0.15) is 5.01 Å². The Morgan fingerprint density at radius 1 is 0.632 bits per heavy atom. The Morgan fingerprint density at radius 2 is 1.00 bits per heavy atom. The number of fused-ring (bicyclic) bond motifs is 3. The average molecular weight is 499 g/mol. The average Bonchev–Trinajstić information content (AvgIpc) is 3.38. The molecule has 3 amide bonds. The second-order valence-electron chi connectivity index (χ2n) is 10.5. The zero-order chi connectivity index (χ0) is 25.8. The third kappa shape index (κ3) is 2.43. The second-order valence-corrected chi connectivity index (χ2v) is 10.5. The van der Waals surface area contributed by atoms with Gasteiger partial charge in [-0.15, -0.1) is 0 Å². The van der Waals surface area contributed by atoms with Crippen molar-refractivity contribution in [2.24, 2.45) is 11.8 Å². The first-order chi connectivity index (χ1) is 18.5. The van der Waals surface area contributed by atoms with Crippen LogP contribution in [0.25, 0.3) is 11.1 Å². The quantitative estimate of drug-likeness (QED) is 0.412. The Kier molecular flexibility index (Phi) is 4.12. The summed E-state index contributed by atoms with van der Waals surface area (Å²) in [6, 6.07) is 30.3. The topological polar surface area (TPSA) is 86.7 Å². The number of hydrazine groups is 1. The van der Waals surface area contributed by atoms with Gasteiger partial charge < -0.3 is 5.11 Å². The van der Waals surface area contributed by atoms with Gasteiger partial charge in [0.15, 0.2) is 5.60 Å². The molecule has 5 aliphatic rings. The van der Waals surface area contributed by atoms with E-state index in [1.807, 2.05) is 72.8 Å².